The van der Waals surface area contributed by atoms with Crippen LogP contribution in [-0.4, -0.2) is 53.2 Å². The smallest absolute Gasteiger partial charge is 0.214 e. The quantitative estimate of drug-likeness (QED) is 0.704. The fraction of sp³-hybridized carbons (Fsp3) is 0.875. The zero-order chi connectivity index (χ0) is 16.7. The van der Waals surface area contributed by atoms with Crippen molar-refractivity contribution in [2.45, 2.75) is 51.6 Å². The topological polar surface area (TPSA) is 77.3 Å². The summed E-state index contributed by atoms with van der Waals surface area (Å²) in [7, 11) is -3.27. The van der Waals surface area contributed by atoms with Crippen molar-refractivity contribution in [3.8, 4) is 0 Å². The van der Waals surface area contributed by atoms with Crippen LogP contribution in [0, 0.1) is 11.8 Å². The van der Waals surface area contributed by atoms with Gasteiger partial charge in [0.2, 0.25) is 10.0 Å². The number of aromatic nitrogens is 3. The summed E-state index contributed by atoms with van der Waals surface area (Å²) in [5.41, 5.74) is 1.90. The van der Waals surface area contributed by atoms with Gasteiger partial charge in [0.25, 0.3) is 0 Å². The average molecular weight is 354 g/mol. The van der Waals surface area contributed by atoms with Crippen molar-refractivity contribution >= 4 is 10.0 Å². The van der Waals surface area contributed by atoms with Gasteiger partial charge >= 0.3 is 0 Å². The van der Waals surface area contributed by atoms with Gasteiger partial charge in [0.05, 0.1) is 24.1 Å². The molecular formula is C16H26N4O3S. The van der Waals surface area contributed by atoms with E-state index >= 15 is 0 Å². The Morgan fingerprint density at radius 2 is 1.92 bits per heavy atom. The Kier molecular flexibility index (Phi) is 4.38. The molecule has 0 saturated heterocycles. The van der Waals surface area contributed by atoms with Gasteiger partial charge in [-0.2, -0.15) is 4.31 Å². The molecule has 1 aromatic heterocycles. The Bertz CT molecular complexity index is 694. The lowest BCUT2D eigenvalue weighted by atomic mass is 10.1. The fourth-order valence-corrected chi connectivity index (χ4v) is 4.60. The fourth-order valence-electron chi connectivity index (χ4n) is 3.35. The lowest BCUT2D eigenvalue weighted by Crippen LogP contribution is -2.43. The number of sulfonamides is 1. The SMILES string of the molecule is CCS(=O)(=O)N1CCc2c(nnn2CC2CC2)C1COCC1CC1. The number of hydrogen-bond acceptors (Lipinski definition) is 5. The van der Waals surface area contributed by atoms with E-state index in [0.29, 0.717) is 25.5 Å². The van der Waals surface area contributed by atoms with E-state index in [0.717, 1.165) is 30.5 Å². The van der Waals surface area contributed by atoms with Gasteiger partial charge in [0.1, 0.15) is 5.69 Å². The van der Waals surface area contributed by atoms with E-state index in [-0.39, 0.29) is 11.8 Å². The number of nitrogens with zero attached hydrogens (tertiary/aromatic N) is 4. The summed E-state index contributed by atoms with van der Waals surface area (Å²) in [6, 6.07) is -0.328. The lowest BCUT2D eigenvalue weighted by molar-refractivity contribution is 0.0761. The molecule has 2 heterocycles. The summed E-state index contributed by atoms with van der Waals surface area (Å²) in [6.45, 7) is 4.21. The second-order valence-corrected chi connectivity index (χ2v) is 9.51. The van der Waals surface area contributed by atoms with Gasteiger partial charge in [-0.25, -0.2) is 13.1 Å². The first kappa shape index (κ1) is 16.5. The predicted octanol–water partition coefficient (Wildman–Crippen LogP) is 1.36. The average Bonchev–Trinajstić information content (AvgIpc) is 3.48. The molecule has 4 rings (SSSR count). The largest absolute Gasteiger partial charge is 0.379 e. The van der Waals surface area contributed by atoms with E-state index in [1.54, 1.807) is 11.2 Å². The summed E-state index contributed by atoms with van der Waals surface area (Å²) >= 11 is 0. The molecular weight excluding hydrogens is 328 g/mol. The zero-order valence-electron chi connectivity index (χ0n) is 14.2. The maximum Gasteiger partial charge on any atom is 0.214 e. The molecule has 3 aliphatic rings. The Balaban J connectivity index is 1.56. The minimum atomic E-state index is -3.27. The second-order valence-electron chi connectivity index (χ2n) is 7.30. The van der Waals surface area contributed by atoms with Crippen molar-refractivity contribution in [2.75, 3.05) is 25.5 Å². The number of hydrogen-bond donors (Lipinski definition) is 0. The third kappa shape index (κ3) is 3.36. The van der Waals surface area contributed by atoms with E-state index in [1.165, 1.54) is 25.7 Å². The Labute approximate surface area is 143 Å². The first-order valence-corrected chi connectivity index (χ1v) is 10.7. The van der Waals surface area contributed by atoms with Crippen LogP contribution in [0.15, 0.2) is 0 Å². The molecule has 8 heteroatoms. The molecule has 0 bridgehead atoms. The van der Waals surface area contributed by atoms with Gasteiger partial charge < -0.3 is 4.74 Å². The summed E-state index contributed by atoms with van der Waals surface area (Å²) in [5.74, 6) is 1.49. The zero-order valence-corrected chi connectivity index (χ0v) is 15.0. The molecule has 7 nitrogen and oxygen atoms in total. The molecule has 2 fully saturated rings. The first-order valence-electron chi connectivity index (χ1n) is 9.08. The summed E-state index contributed by atoms with van der Waals surface area (Å²) in [6.07, 6.45) is 5.67. The van der Waals surface area contributed by atoms with Crippen LogP contribution in [0.1, 0.15) is 50.0 Å². The van der Waals surface area contributed by atoms with Gasteiger partial charge in [-0.1, -0.05) is 5.21 Å². The van der Waals surface area contributed by atoms with Crippen LogP contribution in [0.2, 0.25) is 0 Å². The van der Waals surface area contributed by atoms with Crippen LogP contribution in [0.3, 0.4) is 0 Å². The predicted molar refractivity (Wildman–Crippen MR) is 88.9 cm³/mol. The van der Waals surface area contributed by atoms with Gasteiger partial charge in [0, 0.05) is 26.1 Å². The molecule has 1 atom stereocenters. The molecule has 0 aromatic carbocycles. The van der Waals surface area contributed by atoms with Crippen molar-refractivity contribution in [1.82, 2.24) is 19.3 Å². The normalized spacial score (nSPS) is 25.0. The maximum absolute atomic E-state index is 12.5. The molecule has 0 radical (unpaired) electrons. The Morgan fingerprint density at radius 1 is 1.17 bits per heavy atom. The Hall–Kier alpha value is -0.990. The van der Waals surface area contributed by atoms with Gasteiger partial charge in [-0.15, -0.1) is 5.10 Å². The van der Waals surface area contributed by atoms with Crippen LogP contribution in [0.25, 0.3) is 0 Å². The van der Waals surface area contributed by atoms with Crippen molar-refractivity contribution in [3.05, 3.63) is 11.4 Å². The molecule has 2 saturated carbocycles. The number of rotatable bonds is 8. The van der Waals surface area contributed by atoms with Crippen molar-refractivity contribution < 1.29 is 13.2 Å². The second kappa shape index (κ2) is 6.38. The molecule has 0 N–H and O–H groups in total. The van der Waals surface area contributed by atoms with E-state index in [4.69, 9.17) is 4.74 Å². The highest BCUT2D eigenvalue weighted by Crippen LogP contribution is 2.35. The highest BCUT2D eigenvalue weighted by atomic mass is 32.2. The van der Waals surface area contributed by atoms with Gasteiger partial charge in [0.15, 0.2) is 0 Å². The summed E-state index contributed by atoms with van der Waals surface area (Å²) < 4.78 is 34.4. The number of fused-ring (bicyclic) bond motifs is 1. The number of ether oxygens (including phenoxy) is 1. The highest BCUT2D eigenvalue weighted by Gasteiger charge is 2.39. The molecule has 134 valence electrons. The standard InChI is InChI=1S/C16H26N4O3S/c1-2-24(21,22)20-8-7-14-16(15(20)11-23-10-13-5-6-13)17-18-19(14)9-12-3-4-12/h12-13,15H,2-11H2,1H3. The van der Waals surface area contributed by atoms with Crippen LogP contribution in [0.4, 0.5) is 0 Å². The monoisotopic (exact) mass is 354 g/mol. The van der Waals surface area contributed by atoms with Crippen LogP contribution in [-0.2, 0) is 27.7 Å². The summed E-state index contributed by atoms with van der Waals surface area (Å²) in [4.78, 5) is 0. The van der Waals surface area contributed by atoms with Crippen LogP contribution < -0.4 is 0 Å². The highest BCUT2D eigenvalue weighted by molar-refractivity contribution is 7.89. The molecule has 1 aromatic rings. The van der Waals surface area contributed by atoms with Crippen LogP contribution >= 0.6 is 0 Å². The Morgan fingerprint density at radius 3 is 2.58 bits per heavy atom. The molecule has 1 unspecified atom stereocenters. The van der Waals surface area contributed by atoms with Crippen LogP contribution in [0.5, 0.6) is 0 Å². The van der Waals surface area contributed by atoms with E-state index in [9.17, 15) is 8.42 Å². The summed E-state index contributed by atoms with van der Waals surface area (Å²) in [5, 5.41) is 8.67. The van der Waals surface area contributed by atoms with Crippen molar-refractivity contribution in [2.24, 2.45) is 11.8 Å². The third-order valence-electron chi connectivity index (χ3n) is 5.28. The van der Waals surface area contributed by atoms with E-state index < -0.39 is 10.0 Å². The maximum atomic E-state index is 12.5. The molecule has 1 aliphatic heterocycles. The van der Waals surface area contributed by atoms with Crippen molar-refractivity contribution in [3.63, 3.8) is 0 Å². The minimum absolute atomic E-state index is 0.109. The van der Waals surface area contributed by atoms with E-state index in [2.05, 4.69) is 10.3 Å². The van der Waals surface area contributed by atoms with Gasteiger partial charge in [-0.05, 0) is 44.4 Å². The molecule has 2 aliphatic carbocycles. The van der Waals surface area contributed by atoms with E-state index in [1.807, 2.05) is 4.68 Å². The molecule has 0 amide bonds. The molecule has 0 spiro atoms. The minimum Gasteiger partial charge on any atom is -0.379 e. The third-order valence-corrected chi connectivity index (χ3v) is 7.16. The van der Waals surface area contributed by atoms with Gasteiger partial charge in [-0.3, -0.25) is 0 Å². The lowest BCUT2D eigenvalue weighted by Gasteiger charge is -2.33. The molecule has 24 heavy (non-hydrogen) atoms. The first-order chi connectivity index (χ1) is 11.6. The van der Waals surface area contributed by atoms with Crippen molar-refractivity contribution in [1.29, 1.82) is 0 Å².